The molecule has 0 amide bonds. The van der Waals surface area contributed by atoms with Crippen molar-refractivity contribution in [2.24, 2.45) is 0 Å². The van der Waals surface area contributed by atoms with Crippen molar-refractivity contribution in [2.45, 2.75) is 0 Å². The summed E-state index contributed by atoms with van der Waals surface area (Å²) in [4.78, 5) is 0. The molecular formula is C48H98O26S. The first-order valence-corrected chi connectivity index (χ1v) is 26.9. The third-order valence-electron chi connectivity index (χ3n) is 8.63. The largest absolute Gasteiger partial charge is 0.394 e. The van der Waals surface area contributed by atoms with Crippen LogP contribution in [0.25, 0.3) is 0 Å². The molecule has 452 valence electrons. The van der Waals surface area contributed by atoms with Gasteiger partial charge in [-0.05, 0) is 0 Å². The Hall–Kier alpha value is -0.690. The van der Waals surface area contributed by atoms with Gasteiger partial charge in [0.05, 0.1) is 317 Å². The van der Waals surface area contributed by atoms with E-state index in [9.17, 15) is 0 Å². The molecule has 26 nitrogen and oxygen atoms in total. The number of hydrogen-bond acceptors (Lipinski definition) is 27. The lowest BCUT2D eigenvalue weighted by molar-refractivity contribution is -0.0281. The molecule has 0 bridgehead atoms. The number of aliphatic hydroxyl groups is 2. The minimum Gasteiger partial charge on any atom is -0.394 e. The van der Waals surface area contributed by atoms with Crippen LogP contribution in [0.2, 0.25) is 0 Å². The Morgan fingerprint density at radius 1 is 0.133 bits per heavy atom. The molecule has 0 unspecified atom stereocenters. The molecule has 0 radical (unpaired) electrons. The van der Waals surface area contributed by atoms with Crippen molar-refractivity contribution < 1.29 is 123 Å². The molecule has 0 fully saturated rings. The van der Waals surface area contributed by atoms with Gasteiger partial charge < -0.3 is 114 Å². The van der Waals surface area contributed by atoms with Gasteiger partial charge in [0, 0.05) is 0 Å². The molecule has 0 saturated heterocycles. The summed E-state index contributed by atoms with van der Waals surface area (Å²) in [5.74, 6) is 0. The highest BCUT2D eigenvalue weighted by molar-refractivity contribution is 7.89. The van der Waals surface area contributed by atoms with Gasteiger partial charge in [-0.15, -0.1) is 0 Å². The van der Waals surface area contributed by atoms with Crippen molar-refractivity contribution in [3.63, 3.8) is 0 Å². The topological polar surface area (TPSA) is 262 Å². The van der Waals surface area contributed by atoms with E-state index in [1.165, 1.54) is 0 Å². The maximum Gasteiger partial charge on any atom is 0.158 e. The molecule has 0 aromatic carbocycles. The van der Waals surface area contributed by atoms with Crippen LogP contribution in [0.1, 0.15) is 0 Å². The maximum absolute atomic E-state index is 8.61. The molecule has 0 aliphatic carbocycles. The average molecular weight is 1120 g/mol. The van der Waals surface area contributed by atoms with Gasteiger partial charge in [-0.1, -0.05) is 0 Å². The van der Waals surface area contributed by atoms with Crippen molar-refractivity contribution in [1.82, 2.24) is 0 Å². The van der Waals surface area contributed by atoms with Crippen molar-refractivity contribution in [1.29, 1.82) is 0 Å². The van der Waals surface area contributed by atoms with E-state index < -0.39 is 0 Å². The number of rotatable bonds is 72. The summed E-state index contributed by atoms with van der Waals surface area (Å²) in [7, 11) is 0. The predicted molar refractivity (Wildman–Crippen MR) is 272 cm³/mol. The highest BCUT2D eigenvalue weighted by atomic mass is 32.2. The molecule has 0 aliphatic rings. The molecule has 0 heterocycles. The van der Waals surface area contributed by atoms with Crippen molar-refractivity contribution in [3.05, 3.63) is 0 Å². The molecule has 2 N–H and O–H groups in total. The van der Waals surface area contributed by atoms with Crippen LogP contribution in [0.5, 0.6) is 0 Å². The standard InChI is InChI=1S/C48H98O26S/c49-1-3-51-5-7-53-9-11-55-13-15-57-17-19-59-21-23-61-25-27-63-29-31-65-33-35-67-37-39-69-41-43-71-45-47-73-75-74-48-46-72-44-42-70-40-38-68-36-34-66-32-30-64-28-26-62-24-22-60-20-18-58-16-14-56-12-10-54-8-6-52-4-2-50/h49-50H,1-48H2. The first-order valence-electron chi connectivity index (χ1n) is 26.2. The average Bonchev–Trinajstić information content (AvgIpc) is 3.42. The smallest absolute Gasteiger partial charge is 0.158 e. The molecule has 27 heteroatoms. The second kappa shape index (κ2) is 73.3. The summed E-state index contributed by atoms with van der Waals surface area (Å²) in [5.41, 5.74) is 0. The van der Waals surface area contributed by atoms with Crippen LogP contribution in [-0.2, 0) is 113 Å². The molecule has 0 saturated carbocycles. The second-order valence-electron chi connectivity index (χ2n) is 14.6. The van der Waals surface area contributed by atoms with Crippen LogP contribution in [0, 0.1) is 0 Å². The number of aliphatic hydroxyl groups excluding tert-OH is 2. The van der Waals surface area contributed by atoms with Crippen LogP contribution < -0.4 is 0 Å². The molecule has 0 aromatic rings. The van der Waals surface area contributed by atoms with Crippen LogP contribution in [-0.4, -0.2) is 327 Å². The van der Waals surface area contributed by atoms with Crippen molar-refractivity contribution in [2.75, 3.05) is 317 Å². The summed E-state index contributed by atoms with van der Waals surface area (Å²) < 4.78 is 130. The van der Waals surface area contributed by atoms with Gasteiger partial charge in [0.15, 0.2) is 12.3 Å². The molecule has 0 spiro atoms. The Labute approximate surface area is 451 Å². The quantitative estimate of drug-likeness (QED) is 0.0597. The van der Waals surface area contributed by atoms with Gasteiger partial charge >= 0.3 is 0 Å². The number of hydrogen-bond donors (Lipinski definition) is 2. The van der Waals surface area contributed by atoms with Gasteiger partial charge in [0.25, 0.3) is 0 Å². The van der Waals surface area contributed by atoms with Gasteiger partial charge in [-0.2, -0.15) is 0 Å². The van der Waals surface area contributed by atoms with Crippen LogP contribution in [0.4, 0.5) is 0 Å². The molecule has 75 heavy (non-hydrogen) atoms. The third kappa shape index (κ3) is 73.3. The van der Waals surface area contributed by atoms with E-state index in [-0.39, 0.29) is 13.2 Å². The van der Waals surface area contributed by atoms with Gasteiger partial charge in [0.1, 0.15) is 0 Å². The summed E-state index contributed by atoms with van der Waals surface area (Å²) in [5, 5.41) is 17.2. The molecule has 0 aromatic heterocycles. The minimum absolute atomic E-state index is 0.0171. The third-order valence-corrected chi connectivity index (χ3v) is 9.16. The first-order chi connectivity index (χ1) is 37.4. The van der Waals surface area contributed by atoms with E-state index >= 15 is 0 Å². The Bertz CT molecular complexity index is 909. The predicted octanol–water partition coefficient (Wildman–Crippen LogP) is -0.0674. The second-order valence-corrected chi connectivity index (χ2v) is 15.2. The highest BCUT2D eigenvalue weighted by Gasteiger charge is 2.00. The molecule has 0 aliphatic heterocycles. The van der Waals surface area contributed by atoms with Crippen LogP contribution >= 0.6 is 12.3 Å². The van der Waals surface area contributed by atoms with Crippen LogP contribution in [0.3, 0.4) is 0 Å². The zero-order chi connectivity index (χ0) is 53.6. The monoisotopic (exact) mass is 1120 g/mol. The highest BCUT2D eigenvalue weighted by Crippen LogP contribution is 2.03. The Morgan fingerprint density at radius 2 is 0.227 bits per heavy atom. The normalized spacial score (nSPS) is 11.8. The van der Waals surface area contributed by atoms with E-state index in [1.54, 1.807) is 0 Å². The Morgan fingerprint density at radius 3 is 0.333 bits per heavy atom. The van der Waals surface area contributed by atoms with Gasteiger partial charge in [-0.3, -0.25) is 8.37 Å². The van der Waals surface area contributed by atoms with E-state index in [1.807, 2.05) is 0 Å². The zero-order valence-electron chi connectivity index (χ0n) is 45.0. The zero-order valence-corrected chi connectivity index (χ0v) is 45.9. The lowest BCUT2D eigenvalue weighted by atomic mass is 10.6. The summed E-state index contributed by atoms with van der Waals surface area (Å²) in [6.45, 7) is 21.6. The minimum atomic E-state index is 0.0171. The van der Waals surface area contributed by atoms with Crippen molar-refractivity contribution >= 4 is 12.3 Å². The lowest BCUT2D eigenvalue weighted by Gasteiger charge is -2.09. The van der Waals surface area contributed by atoms with Gasteiger partial charge in [-0.25, -0.2) is 0 Å². The van der Waals surface area contributed by atoms with E-state index in [0.29, 0.717) is 304 Å². The van der Waals surface area contributed by atoms with Gasteiger partial charge in [0.2, 0.25) is 0 Å². The fourth-order valence-corrected chi connectivity index (χ4v) is 5.36. The fraction of sp³-hybridized carbons (Fsp3) is 1.00. The maximum atomic E-state index is 8.61. The summed E-state index contributed by atoms with van der Waals surface area (Å²) >= 11 is 0.915. The lowest BCUT2D eigenvalue weighted by Crippen LogP contribution is -2.15. The molecule has 0 atom stereocenters. The number of ether oxygens (including phenoxy) is 22. The summed E-state index contributed by atoms with van der Waals surface area (Å²) in [6, 6.07) is 0. The first kappa shape index (κ1) is 74.3. The Kier molecular flexibility index (Phi) is 72.6. The van der Waals surface area contributed by atoms with E-state index in [0.717, 1.165) is 12.3 Å². The molecular weight excluding hydrogens is 1020 g/mol. The molecule has 0 rings (SSSR count). The van der Waals surface area contributed by atoms with Crippen molar-refractivity contribution in [3.8, 4) is 0 Å². The van der Waals surface area contributed by atoms with E-state index in [2.05, 4.69) is 0 Å². The SMILES string of the molecule is OCCOCCOCCOCCOCCOCCOCCOCCOCCOCCOCCOCCOSOCCOCCOCCOCCOCCOCCOCCOCCOCCOCCOCCOCCO. The fourth-order valence-electron chi connectivity index (χ4n) is 5.02. The Balaban J connectivity index is 3.07. The van der Waals surface area contributed by atoms with E-state index in [4.69, 9.17) is 123 Å². The summed E-state index contributed by atoms with van der Waals surface area (Å²) in [6.07, 6.45) is 0. The van der Waals surface area contributed by atoms with Crippen LogP contribution in [0.15, 0.2) is 0 Å².